The number of halogens is 2. The second kappa shape index (κ2) is 14.3. The predicted molar refractivity (Wildman–Crippen MR) is 157 cm³/mol. The number of carboxylic acid groups (broad SMARTS) is 2. The number of ether oxygens (including phenoxy) is 2. The van der Waals surface area contributed by atoms with Crippen LogP contribution in [0.4, 0.5) is 8.78 Å². The molecule has 220 valence electrons. The molecule has 1 heterocycles. The van der Waals surface area contributed by atoms with Crippen molar-refractivity contribution in [2.75, 3.05) is 13.2 Å². The van der Waals surface area contributed by atoms with Crippen molar-refractivity contribution in [2.24, 2.45) is 0 Å². The molecule has 0 amide bonds. The number of benzene rings is 3. The number of carbonyl (C=O) groups is 2. The van der Waals surface area contributed by atoms with Crippen molar-refractivity contribution in [3.05, 3.63) is 94.7 Å². The molecule has 0 fully saturated rings. The van der Waals surface area contributed by atoms with Gasteiger partial charge in [-0.1, -0.05) is 42.5 Å². The lowest BCUT2D eigenvalue weighted by Gasteiger charge is -2.09. The van der Waals surface area contributed by atoms with Crippen LogP contribution in [0.3, 0.4) is 0 Å². The Morgan fingerprint density at radius 3 is 2.31 bits per heavy atom. The predicted octanol–water partition coefficient (Wildman–Crippen LogP) is 7.13. The van der Waals surface area contributed by atoms with Gasteiger partial charge in [-0.2, -0.15) is 4.39 Å². The third-order valence-corrected chi connectivity index (χ3v) is 6.79. The Hall–Kier alpha value is -4.66. The molecule has 0 saturated heterocycles. The Balaban J connectivity index is 1.33. The van der Waals surface area contributed by atoms with Crippen molar-refractivity contribution in [3.8, 4) is 11.5 Å². The molecule has 7 nitrogen and oxygen atoms in total. The van der Waals surface area contributed by atoms with E-state index in [0.717, 1.165) is 22.0 Å². The Morgan fingerprint density at radius 1 is 0.857 bits per heavy atom. The smallest absolute Gasteiger partial charge is 0.307 e. The fourth-order valence-electron chi connectivity index (χ4n) is 4.67. The number of rotatable bonds is 15. The van der Waals surface area contributed by atoms with Crippen LogP contribution in [0.25, 0.3) is 23.1 Å². The lowest BCUT2D eigenvalue weighted by Crippen LogP contribution is -2.04. The fourth-order valence-corrected chi connectivity index (χ4v) is 4.67. The van der Waals surface area contributed by atoms with Crippen LogP contribution in [0.15, 0.2) is 60.8 Å². The van der Waals surface area contributed by atoms with Crippen LogP contribution in [0.2, 0.25) is 0 Å². The molecule has 0 radical (unpaired) electrons. The summed E-state index contributed by atoms with van der Waals surface area (Å²) >= 11 is 0. The van der Waals surface area contributed by atoms with Gasteiger partial charge in [-0.3, -0.25) is 9.59 Å². The zero-order chi connectivity index (χ0) is 30.1. The first kappa shape index (κ1) is 30.3. The lowest BCUT2D eigenvalue weighted by molar-refractivity contribution is -0.137. The molecule has 0 bridgehead atoms. The van der Waals surface area contributed by atoms with Crippen LogP contribution in [-0.2, 0) is 22.6 Å². The normalized spacial score (nSPS) is 11.3. The zero-order valence-corrected chi connectivity index (χ0v) is 23.3. The van der Waals surface area contributed by atoms with Gasteiger partial charge in [-0.25, -0.2) is 4.39 Å². The van der Waals surface area contributed by atoms with E-state index in [0.29, 0.717) is 43.7 Å². The number of aryl methyl sites for hydroxylation is 2. The molecule has 42 heavy (non-hydrogen) atoms. The minimum absolute atomic E-state index is 0.0409. The van der Waals surface area contributed by atoms with Gasteiger partial charge in [-0.15, -0.1) is 0 Å². The topological polar surface area (TPSA) is 98.0 Å². The van der Waals surface area contributed by atoms with Crippen LogP contribution in [-0.4, -0.2) is 39.9 Å². The molecule has 0 aliphatic heterocycles. The highest BCUT2D eigenvalue weighted by Gasteiger charge is 2.14. The van der Waals surface area contributed by atoms with E-state index in [1.54, 1.807) is 6.20 Å². The van der Waals surface area contributed by atoms with Crippen LogP contribution in [0, 0.1) is 18.6 Å². The summed E-state index contributed by atoms with van der Waals surface area (Å²) in [6, 6.07) is 16.2. The summed E-state index contributed by atoms with van der Waals surface area (Å²) in [5.74, 6) is -3.05. The van der Waals surface area contributed by atoms with E-state index in [9.17, 15) is 23.5 Å². The molecular formula is C33H33F2NO6. The Kier molecular flexibility index (Phi) is 10.3. The molecule has 0 saturated carbocycles. The number of hydrogen-bond acceptors (Lipinski definition) is 4. The van der Waals surface area contributed by atoms with Gasteiger partial charge in [-0.05, 0) is 72.7 Å². The number of carboxylic acids is 2. The minimum atomic E-state index is -0.968. The molecule has 1 aromatic heterocycles. The standard InChI is InChI=1S/C33H33F2NO6/c1-22-9-16-28(33(35)32(22)34)42-19-3-2-18-41-26-14-11-23(12-15-26)10-13-24-6-4-7-27-31(24)25(20-30(39)40)21-36(27)17-5-8-29(37)38/h4,6-7,9-16,21H,2-3,5,8,17-20H2,1H3,(H,37,38)(H,39,40). The number of fused-ring (bicyclic) bond motifs is 1. The lowest BCUT2D eigenvalue weighted by atomic mass is 10.0. The van der Waals surface area contributed by atoms with E-state index in [-0.39, 0.29) is 30.8 Å². The average molecular weight is 578 g/mol. The van der Waals surface area contributed by atoms with Crippen LogP contribution >= 0.6 is 0 Å². The number of nitrogens with zero attached hydrogens (tertiary/aromatic N) is 1. The molecule has 0 spiro atoms. The van der Waals surface area contributed by atoms with Gasteiger partial charge in [0.1, 0.15) is 5.75 Å². The molecule has 9 heteroatoms. The number of unbranched alkanes of at least 4 members (excludes halogenated alkanes) is 1. The molecule has 0 aliphatic rings. The molecule has 0 atom stereocenters. The van der Waals surface area contributed by atoms with Gasteiger partial charge in [0.15, 0.2) is 11.6 Å². The highest BCUT2D eigenvalue weighted by atomic mass is 19.2. The summed E-state index contributed by atoms with van der Waals surface area (Å²) in [4.78, 5) is 22.4. The van der Waals surface area contributed by atoms with Gasteiger partial charge < -0.3 is 24.3 Å². The van der Waals surface area contributed by atoms with Crippen molar-refractivity contribution < 1.29 is 38.1 Å². The van der Waals surface area contributed by atoms with Crippen molar-refractivity contribution in [2.45, 2.75) is 45.6 Å². The van der Waals surface area contributed by atoms with Gasteiger partial charge in [0, 0.05) is 30.1 Å². The molecule has 3 aromatic carbocycles. The Bertz CT molecular complexity index is 1580. The summed E-state index contributed by atoms with van der Waals surface area (Å²) in [5.41, 5.74) is 3.58. The van der Waals surface area contributed by atoms with Crippen LogP contribution in [0.1, 0.15) is 47.9 Å². The zero-order valence-electron chi connectivity index (χ0n) is 23.3. The number of hydrogen-bond donors (Lipinski definition) is 2. The van der Waals surface area contributed by atoms with Crippen molar-refractivity contribution in [1.29, 1.82) is 0 Å². The first-order valence-corrected chi connectivity index (χ1v) is 13.8. The second-order valence-corrected chi connectivity index (χ2v) is 9.97. The van der Waals surface area contributed by atoms with Crippen molar-refractivity contribution in [3.63, 3.8) is 0 Å². The molecule has 2 N–H and O–H groups in total. The average Bonchev–Trinajstić information content (AvgIpc) is 3.31. The summed E-state index contributed by atoms with van der Waals surface area (Å²) in [7, 11) is 0. The van der Waals surface area contributed by atoms with E-state index >= 15 is 0 Å². The third kappa shape index (κ3) is 7.96. The third-order valence-electron chi connectivity index (χ3n) is 6.79. The molecule has 0 unspecified atom stereocenters. The van der Waals surface area contributed by atoms with E-state index in [2.05, 4.69) is 0 Å². The maximum Gasteiger partial charge on any atom is 0.307 e. The van der Waals surface area contributed by atoms with Crippen LogP contribution in [0.5, 0.6) is 11.5 Å². The van der Waals surface area contributed by atoms with E-state index < -0.39 is 23.6 Å². The number of aromatic nitrogens is 1. The Labute approximate surface area is 242 Å². The number of aliphatic carboxylic acids is 2. The van der Waals surface area contributed by atoms with Gasteiger partial charge in [0.05, 0.1) is 19.6 Å². The maximum absolute atomic E-state index is 13.9. The largest absolute Gasteiger partial charge is 0.494 e. The SMILES string of the molecule is Cc1ccc(OCCCCOc2ccc(C=Cc3cccc4c3c(CC(=O)O)cn4CCCC(=O)O)cc2)c(F)c1F. The van der Waals surface area contributed by atoms with Crippen molar-refractivity contribution in [1.82, 2.24) is 4.57 Å². The molecule has 4 aromatic rings. The second-order valence-electron chi connectivity index (χ2n) is 9.97. The molecule has 0 aliphatic carbocycles. The highest BCUT2D eigenvalue weighted by Crippen LogP contribution is 2.28. The monoisotopic (exact) mass is 577 g/mol. The summed E-state index contributed by atoms with van der Waals surface area (Å²) in [5, 5.41) is 19.2. The van der Waals surface area contributed by atoms with E-state index in [1.165, 1.54) is 19.1 Å². The molecule has 4 rings (SSSR count). The fraction of sp³-hybridized carbons (Fsp3) is 0.273. The van der Waals surface area contributed by atoms with Gasteiger partial charge >= 0.3 is 11.9 Å². The molecular weight excluding hydrogens is 544 g/mol. The summed E-state index contributed by atoms with van der Waals surface area (Å²) < 4.78 is 40.6. The van der Waals surface area contributed by atoms with E-state index in [1.807, 2.05) is 59.2 Å². The van der Waals surface area contributed by atoms with Crippen LogP contribution < -0.4 is 9.47 Å². The quantitative estimate of drug-likeness (QED) is 0.115. The maximum atomic E-state index is 13.9. The summed E-state index contributed by atoms with van der Waals surface area (Å²) in [6.07, 6.45) is 7.33. The van der Waals surface area contributed by atoms with Crippen molar-refractivity contribution >= 4 is 35.0 Å². The summed E-state index contributed by atoms with van der Waals surface area (Å²) in [6.45, 7) is 2.67. The minimum Gasteiger partial charge on any atom is -0.494 e. The first-order valence-electron chi connectivity index (χ1n) is 13.8. The van der Waals surface area contributed by atoms with E-state index in [4.69, 9.17) is 14.6 Å². The highest BCUT2D eigenvalue weighted by molar-refractivity contribution is 5.96. The van der Waals surface area contributed by atoms with Gasteiger partial charge in [0.25, 0.3) is 0 Å². The van der Waals surface area contributed by atoms with Gasteiger partial charge in [0.2, 0.25) is 5.82 Å². The first-order chi connectivity index (χ1) is 20.2. The Morgan fingerprint density at radius 2 is 1.60 bits per heavy atom.